The van der Waals surface area contributed by atoms with E-state index in [1.807, 2.05) is 0 Å². The van der Waals surface area contributed by atoms with Crippen LogP contribution in [0.2, 0.25) is 0 Å². The van der Waals surface area contributed by atoms with Crippen LogP contribution < -0.4 is 11.2 Å². The van der Waals surface area contributed by atoms with Gasteiger partial charge in [0.15, 0.2) is 5.43 Å². The van der Waals surface area contributed by atoms with Crippen LogP contribution in [0.25, 0.3) is 10.9 Å². The summed E-state index contributed by atoms with van der Waals surface area (Å²) < 4.78 is 14.5. The van der Waals surface area contributed by atoms with Gasteiger partial charge in [0.25, 0.3) is 0 Å². The van der Waals surface area contributed by atoms with Crippen molar-refractivity contribution in [3.63, 3.8) is 0 Å². The molecule has 0 bridgehead atoms. The van der Waals surface area contributed by atoms with Gasteiger partial charge in [0.1, 0.15) is 12.4 Å². The van der Waals surface area contributed by atoms with Gasteiger partial charge in [0.2, 0.25) is 5.91 Å². The number of halogens is 1. The number of nitrogens with two attached hydrogens (primary N) is 1. The van der Waals surface area contributed by atoms with Crippen molar-refractivity contribution in [3.8, 4) is 0 Å². The highest BCUT2D eigenvalue weighted by Crippen LogP contribution is 2.11. The fraction of sp³-hybridized carbons (Fsp3) is 0.0909. The second kappa shape index (κ2) is 3.77. The van der Waals surface area contributed by atoms with Crippen LogP contribution in [-0.4, -0.2) is 10.5 Å². The molecule has 0 saturated heterocycles. The molecular formula is C11H9FN2O2. The van der Waals surface area contributed by atoms with Crippen molar-refractivity contribution < 1.29 is 9.18 Å². The maximum absolute atomic E-state index is 13.1. The first kappa shape index (κ1) is 10.4. The molecule has 0 aliphatic carbocycles. The molecule has 0 unspecified atom stereocenters. The van der Waals surface area contributed by atoms with Gasteiger partial charge in [-0.1, -0.05) is 0 Å². The molecule has 82 valence electrons. The number of hydrogen-bond acceptors (Lipinski definition) is 2. The number of fused-ring (bicyclic) bond motifs is 1. The van der Waals surface area contributed by atoms with Gasteiger partial charge in [-0.05, 0) is 18.2 Å². The van der Waals surface area contributed by atoms with Gasteiger partial charge < -0.3 is 10.3 Å². The van der Waals surface area contributed by atoms with Gasteiger partial charge in [-0.2, -0.15) is 0 Å². The first-order chi connectivity index (χ1) is 7.58. The normalized spacial score (nSPS) is 10.6. The van der Waals surface area contributed by atoms with Gasteiger partial charge in [-0.25, -0.2) is 4.39 Å². The highest BCUT2D eigenvalue weighted by atomic mass is 19.1. The van der Waals surface area contributed by atoms with E-state index < -0.39 is 11.7 Å². The lowest BCUT2D eigenvalue weighted by Crippen LogP contribution is -2.20. The van der Waals surface area contributed by atoms with E-state index in [4.69, 9.17) is 5.73 Å². The van der Waals surface area contributed by atoms with Gasteiger partial charge in [0, 0.05) is 17.6 Å². The summed E-state index contributed by atoms with van der Waals surface area (Å²) >= 11 is 0. The molecule has 1 amide bonds. The van der Waals surface area contributed by atoms with Crippen molar-refractivity contribution in [3.05, 3.63) is 46.5 Å². The average molecular weight is 220 g/mol. The Kier molecular flexibility index (Phi) is 2.44. The van der Waals surface area contributed by atoms with E-state index in [0.29, 0.717) is 10.9 Å². The highest BCUT2D eigenvalue weighted by molar-refractivity contribution is 5.81. The summed E-state index contributed by atoms with van der Waals surface area (Å²) in [5.41, 5.74) is 5.21. The van der Waals surface area contributed by atoms with Crippen molar-refractivity contribution in [2.75, 3.05) is 0 Å². The molecule has 1 aromatic heterocycles. The molecule has 1 heterocycles. The predicted octanol–water partition coefficient (Wildman–Crippen LogP) is 0.626. The number of amides is 1. The number of carbonyl (C=O) groups excluding carboxylic acids is 1. The Bertz CT molecular complexity index is 619. The molecule has 0 radical (unpaired) electrons. The Morgan fingerprint density at radius 1 is 1.38 bits per heavy atom. The van der Waals surface area contributed by atoms with Gasteiger partial charge in [-0.15, -0.1) is 0 Å². The summed E-state index contributed by atoms with van der Waals surface area (Å²) in [6, 6.07) is 5.13. The number of nitrogens with zero attached hydrogens (tertiary/aromatic N) is 1. The largest absolute Gasteiger partial charge is 0.368 e. The Morgan fingerprint density at radius 2 is 2.12 bits per heavy atom. The smallest absolute Gasteiger partial charge is 0.237 e. The quantitative estimate of drug-likeness (QED) is 0.806. The SMILES string of the molecule is NC(=O)Cn1ccc(=O)c2ccc(F)cc21. The zero-order valence-electron chi connectivity index (χ0n) is 8.31. The van der Waals surface area contributed by atoms with Crippen molar-refractivity contribution >= 4 is 16.8 Å². The third-order valence-corrected chi connectivity index (χ3v) is 2.27. The summed E-state index contributed by atoms with van der Waals surface area (Å²) in [5, 5.41) is 0.366. The van der Waals surface area contributed by atoms with E-state index in [1.165, 1.54) is 35.0 Å². The van der Waals surface area contributed by atoms with Crippen LogP contribution in [0.1, 0.15) is 0 Å². The van der Waals surface area contributed by atoms with Crippen molar-refractivity contribution in [2.24, 2.45) is 5.73 Å². The van der Waals surface area contributed by atoms with Crippen LogP contribution >= 0.6 is 0 Å². The van der Waals surface area contributed by atoms with E-state index in [-0.39, 0.29) is 12.0 Å². The van der Waals surface area contributed by atoms with Gasteiger partial charge >= 0.3 is 0 Å². The first-order valence-corrected chi connectivity index (χ1v) is 4.65. The Labute approximate surface area is 90.1 Å². The van der Waals surface area contributed by atoms with Crippen molar-refractivity contribution in [1.82, 2.24) is 4.57 Å². The maximum Gasteiger partial charge on any atom is 0.237 e. The van der Waals surface area contributed by atoms with E-state index in [9.17, 15) is 14.0 Å². The van der Waals surface area contributed by atoms with E-state index in [0.717, 1.165) is 0 Å². The molecule has 0 atom stereocenters. The third-order valence-electron chi connectivity index (χ3n) is 2.27. The second-order valence-electron chi connectivity index (χ2n) is 3.44. The summed E-state index contributed by atoms with van der Waals surface area (Å²) in [6.45, 7) is -0.0831. The van der Waals surface area contributed by atoms with Crippen LogP contribution in [-0.2, 0) is 11.3 Å². The van der Waals surface area contributed by atoms with E-state index >= 15 is 0 Å². The number of benzene rings is 1. The fourth-order valence-electron chi connectivity index (χ4n) is 1.58. The summed E-state index contributed by atoms with van der Waals surface area (Å²) in [6.07, 6.45) is 1.43. The van der Waals surface area contributed by atoms with Crippen LogP contribution in [0.15, 0.2) is 35.3 Å². The minimum absolute atomic E-state index is 0.0831. The molecule has 0 aliphatic rings. The molecular weight excluding hydrogens is 211 g/mol. The van der Waals surface area contributed by atoms with Crippen LogP contribution in [0.4, 0.5) is 4.39 Å². The van der Waals surface area contributed by atoms with Crippen molar-refractivity contribution in [2.45, 2.75) is 6.54 Å². The standard InChI is InChI=1S/C11H9FN2O2/c12-7-1-2-8-9(5-7)14(6-11(13)16)4-3-10(8)15/h1-5H,6H2,(H2,13,16). The van der Waals surface area contributed by atoms with Crippen LogP contribution in [0.5, 0.6) is 0 Å². The summed E-state index contributed by atoms with van der Waals surface area (Å²) in [7, 11) is 0. The lowest BCUT2D eigenvalue weighted by atomic mass is 10.2. The Balaban J connectivity index is 2.75. The molecule has 0 fully saturated rings. The number of rotatable bonds is 2. The van der Waals surface area contributed by atoms with Crippen molar-refractivity contribution in [1.29, 1.82) is 0 Å². The fourth-order valence-corrected chi connectivity index (χ4v) is 1.58. The molecule has 2 aromatic rings. The molecule has 0 spiro atoms. The Hall–Kier alpha value is -2.17. The number of pyridine rings is 1. The summed E-state index contributed by atoms with van der Waals surface area (Å²) in [4.78, 5) is 22.3. The number of aromatic nitrogens is 1. The predicted molar refractivity (Wildman–Crippen MR) is 57.4 cm³/mol. The average Bonchev–Trinajstić information content (AvgIpc) is 2.22. The van der Waals surface area contributed by atoms with E-state index in [1.54, 1.807) is 0 Å². The number of hydrogen-bond donors (Lipinski definition) is 1. The van der Waals surface area contributed by atoms with Gasteiger partial charge in [-0.3, -0.25) is 9.59 Å². The second-order valence-corrected chi connectivity index (χ2v) is 3.44. The molecule has 16 heavy (non-hydrogen) atoms. The molecule has 0 saturated carbocycles. The third kappa shape index (κ3) is 1.79. The molecule has 5 heteroatoms. The minimum Gasteiger partial charge on any atom is -0.368 e. The molecule has 1 aromatic carbocycles. The van der Waals surface area contributed by atoms with Gasteiger partial charge in [0.05, 0.1) is 5.52 Å². The molecule has 4 nitrogen and oxygen atoms in total. The maximum atomic E-state index is 13.1. The molecule has 2 rings (SSSR count). The van der Waals surface area contributed by atoms with Crippen LogP contribution in [0, 0.1) is 5.82 Å². The zero-order chi connectivity index (χ0) is 11.7. The lowest BCUT2D eigenvalue weighted by Gasteiger charge is -2.08. The molecule has 2 N–H and O–H groups in total. The lowest BCUT2D eigenvalue weighted by molar-refractivity contribution is -0.118. The monoisotopic (exact) mass is 220 g/mol. The van der Waals surface area contributed by atoms with E-state index in [2.05, 4.69) is 0 Å². The zero-order valence-corrected chi connectivity index (χ0v) is 8.31. The topological polar surface area (TPSA) is 65.1 Å². The van der Waals surface area contributed by atoms with Crippen LogP contribution in [0.3, 0.4) is 0 Å². The minimum atomic E-state index is -0.547. The summed E-state index contributed by atoms with van der Waals surface area (Å²) in [5.74, 6) is -1.01. The number of primary amides is 1. The first-order valence-electron chi connectivity index (χ1n) is 4.65. The number of carbonyl (C=O) groups is 1. The molecule has 0 aliphatic heterocycles. The highest BCUT2D eigenvalue weighted by Gasteiger charge is 2.05. The Morgan fingerprint density at radius 3 is 2.81 bits per heavy atom.